The molecule has 0 aliphatic heterocycles. The summed E-state index contributed by atoms with van der Waals surface area (Å²) >= 11 is 0. The smallest absolute Gasteiger partial charge is 0.175 e. The van der Waals surface area contributed by atoms with Crippen molar-refractivity contribution >= 4 is 6.29 Å². The standard InChI is InChI=1S/C15H22O4/c1-9(2)18-13-7-11(5)14(19-10(3)4)15(17-6)12(13)8-16/h7-10H,1-6H3. The molecule has 1 aromatic carbocycles. The number of benzene rings is 1. The Morgan fingerprint density at radius 3 is 2.05 bits per heavy atom. The van der Waals surface area contributed by atoms with Crippen LogP contribution in [-0.4, -0.2) is 25.6 Å². The average Bonchev–Trinajstić information content (AvgIpc) is 2.30. The average molecular weight is 266 g/mol. The minimum absolute atomic E-state index is 0.00368. The van der Waals surface area contributed by atoms with Gasteiger partial charge in [-0.05, 0) is 46.2 Å². The van der Waals surface area contributed by atoms with Gasteiger partial charge in [-0.2, -0.15) is 0 Å². The highest BCUT2D eigenvalue weighted by atomic mass is 16.5. The lowest BCUT2D eigenvalue weighted by atomic mass is 10.1. The Morgan fingerprint density at radius 2 is 1.63 bits per heavy atom. The van der Waals surface area contributed by atoms with E-state index in [-0.39, 0.29) is 12.2 Å². The first-order chi connectivity index (χ1) is 8.90. The Labute approximate surface area is 114 Å². The van der Waals surface area contributed by atoms with E-state index in [4.69, 9.17) is 14.2 Å². The van der Waals surface area contributed by atoms with E-state index in [1.807, 2.05) is 40.7 Å². The molecule has 0 spiro atoms. The Hall–Kier alpha value is -1.71. The van der Waals surface area contributed by atoms with Crippen LogP contribution in [0.1, 0.15) is 43.6 Å². The number of hydrogen-bond acceptors (Lipinski definition) is 4. The zero-order valence-corrected chi connectivity index (χ0v) is 12.4. The summed E-state index contributed by atoms with van der Waals surface area (Å²) in [5.41, 5.74) is 1.27. The summed E-state index contributed by atoms with van der Waals surface area (Å²) in [7, 11) is 1.52. The molecule has 0 amide bonds. The minimum Gasteiger partial charge on any atom is -0.492 e. The van der Waals surface area contributed by atoms with Crippen LogP contribution in [0.15, 0.2) is 6.07 Å². The number of aryl methyl sites for hydroxylation is 1. The third-order valence-corrected chi connectivity index (χ3v) is 2.46. The SMILES string of the molecule is COc1c(C=O)c(OC(C)C)cc(C)c1OC(C)C. The summed E-state index contributed by atoms with van der Waals surface area (Å²) in [6.45, 7) is 9.59. The number of ether oxygens (including phenoxy) is 3. The molecule has 0 saturated carbocycles. The number of hydrogen-bond donors (Lipinski definition) is 0. The summed E-state index contributed by atoms with van der Waals surface area (Å²) in [5, 5.41) is 0. The lowest BCUT2D eigenvalue weighted by Crippen LogP contribution is -2.12. The van der Waals surface area contributed by atoms with Crippen molar-refractivity contribution in [1.29, 1.82) is 0 Å². The Morgan fingerprint density at radius 1 is 1.05 bits per heavy atom. The molecule has 0 fully saturated rings. The topological polar surface area (TPSA) is 44.8 Å². The van der Waals surface area contributed by atoms with E-state index in [1.54, 1.807) is 0 Å². The molecule has 106 valence electrons. The van der Waals surface area contributed by atoms with Gasteiger partial charge in [0.05, 0.1) is 19.3 Å². The number of aldehydes is 1. The molecule has 0 saturated heterocycles. The van der Waals surface area contributed by atoms with Crippen molar-refractivity contribution in [3.63, 3.8) is 0 Å². The summed E-state index contributed by atoms with van der Waals surface area (Å²) in [6, 6.07) is 1.81. The molecule has 0 atom stereocenters. The van der Waals surface area contributed by atoms with Crippen molar-refractivity contribution < 1.29 is 19.0 Å². The highest BCUT2D eigenvalue weighted by Gasteiger charge is 2.20. The highest BCUT2D eigenvalue weighted by Crippen LogP contribution is 2.40. The fourth-order valence-corrected chi connectivity index (χ4v) is 1.80. The zero-order valence-electron chi connectivity index (χ0n) is 12.4. The van der Waals surface area contributed by atoms with Crippen molar-refractivity contribution in [1.82, 2.24) is 0 Å². The summed E-state index contributed by atoms with van der Waals surface area (Å²) in [4.78, 5) is 11.3. The van der Waals surface area contributed by atoms with Crippen LogP contribution in [0.3, 0.4) is 0 Å². The van der Waals surface area contributed by atoms with E-state index in [9.17, 15) is 4.79 Å². The van der Waals surface area contributed by atoms with Gasteiger partial charge in [0.1, 0.15) is 11.3 Å². The molecule has 1 rings (SSSR count). The summed E-state index contributed by atoms with van der Waals surface area (Å²) in [5.74, 6) is 1.55. The molecule has 19 heavy (non-hydrogen) atoms. The van der Waals surface area contributed by atoms with Crippen molar-refractivity contribution in [3.05, 3.63) is 17.2 Å². The van der Waals surface area contributed by atoms with Gasteiger partial charge >= 0.3 is 0 Å². The van der Waals surface area contributed by atoms with Crippen LogP contribution in [0, 0.1) is 6.92 Å². The molecular weight excluding hydrogens is 244 g/mol. The molecular formula is C15H22O4. The Kier molecular flexibility index (Phi) is 5.21. The first-order valence-electron chi connectivity index (χ1n) is 6.40. The molecule has 0 bridgehead atoms. The molecule has 0 unspecified atom stereocenters. The molecule has 4 nitrogen and oxygen atoms in total. The van der Waals surface area contributed by atoms with Crippen molar-refractivity contribution in [2.24, 2.45) is 0 Å². The largest absolute Gasteiger partial charge is 0.492 e. The van der Waals surface area contributed by atoms with Crippen LogP contribution >= 0.6 is 0 Å². The number of rotatable bonds is 6. The molecule has 0 radical (unpaired) electrons. The Balaban J connectivity index is 3.39. The van der Waals surface area contributed by atoms with Gasteiger partial charge in [0.25, 0.3) is 0 Å². The third-order valence-electron chi connectivity index (χ3n) is 2.46. The quantitative estimate of drug-likeness (QED) is 0.740. The maximum absolute atomic E-state index is 11.3. The van der Waals surface area contributed by atoms with Crippen LogP contribution in [0.25, 0.3) is 0 Å². The predicted molar refractivity (Wildman–Crippen MR) is 74.6 cm³/mol. The van der Waals surface area contributed by atoms with Crippen molar-refractivity contribution in [3.8, 4) is 17.2 Å². The molecule has 1 aromatic rings. The second-order valence-electron chi connectivity index (χ2n) is 4.92. The molecule has 0 aromatic heterocycles. The van der Waals surface area contributed by atoms with Gasteiger partial charge in [-0.25, -0.2) is 0 Å². The van der Waals surface area contributed by atoms with Crippen LogP contribution in [0.5, 0.6) is 17.2 Å². The second kappa shape index (κ2) is 6.45. The fraction of sp³-hybridized carbons (Fsp3) is 0.533. The fourth-order valence-electron chi connectivity index (χ4n) is 1.80. The van der Waals surface area contributed by atoms with Crippen LogP contribution in [0.2, 0.25) is 0 Å². The van der Waals surface area contributed by atoms with Crippen LogP contribution in [-0.2, 0) is 0 Å². The molecule has 0 aliphatic rings. The second-order valence-corrected chi connectivity index (χ2v) is 4.92. The van der Waals surface area contributed by atoms with E-state index in [2.05, 4.69) is 0 Å². The number of methoxy groups -OCH3 is 1. The van der Waals surface area contributed by atoms with E-state index >= 15 is 0 Å². The third kappa shape index (κ3) is 3.63. The maximum atomic E-state index is 11.3. The van der Waals surface area contributed by atoms with E-state index < -0.39 is 0 Å². The monoisotopic (exact) mass is 266 g/mol. The normalized spacial score (nSPS) is 10.7. The highest BCUT2D eigenvalue weighted by molar-refractivity contribution is 5.86. The van der Waals surface area contributed by atoms with E-state index in [0.29, 0.717) is 22.8 Å². The summed E-state index contributed by atoms with van der Waals surface area (Å²) < 4.78 is 16.7. The first-order valence-corrected chi connectivity index (χ1v) is 6.40. The first kappa shape index (κ1) is 15.3. The molecule has 0 N–H and O–H groups in total. The van der Waals surface area contributed by atoms with Gasteiger partial charge in [0, 0.05) is 0 Å². The minimum atomic E-state index is -0.0142. The van der Waals surface area contributed by atoms with E-state index in [0.717, 1.165) is 11.8 Å². The van der Waals surface area contributed by atoms with Crippen LogP contribution < -0.4 is 14.2 Å². The molecule has 4 heteroatoms. The van der Waals surface area contributed by atoms with Crippen molar-refractivity contribution in [2.75, 3.05) is 7.11 Å². The van der Waals surface area contributed by atoms with E-state index in [1.165, 1.54) is 7.11 Å². The van der Waals surface area contributed by atoms with Gasteiger partial charge < -0.3 is 14.2 Å². The van der Waals surface area contributed by atoms with Gasteiger partial charge in [-0.3, -0.25) is 4.79 Å². The lowest BCUT2D eigenvalue weighted by Gasteiger charge is -2.20. The zero-order chi connectivity index (χ0) is 14.6. The molecule has 0 heterocycles. The number of carbonyl (C=O) groups is 1. The lowest BCUT2D eigenvalue weighted by molar-refractivity contribution is 0.111. The van der Waals surface area contributed by atoms with Crippen LogP contribution in [0.4, 0.5) is 0 Å². The Bertz CT molecular complexity index is 450. The number of carbonyl (C=O) groups excluding carboxylic acids is 1. The van der Waals surface area contributed by atoms with Crippen molar-refractivity contribution in [2.45, 2.75) is 46.8 Å². The van der Waals surface area contributed by atoms with Gasteiger partial charge in [-0.15, -0.1) is 0 Å². The maximum Gasteiger partial charge on any atom is 0.175 e. The predicted octanol–water partition coefficient (Wildman–Crippen LogP) is 3.39. The van der Waals surface area contributed by atoms with Gasteiger partial charge in [-0.1, -0.05) is 0 Å². The van der Waals surface area contributed by atoms with Gasteiger partial charge in [0.15, 0.2) is 17.8 Å². The van der Waals surface area contributed by atoms with Gasteiger partial charge in [0.2, 0.25) is 0 Å². The molecule has 0 aliphatic carbocycles. The summed E-state index contributed by atoms with van der Waals surface area (Å²) in [6.07, 6.45) is 0.729.